The van der Waals surface area contributed by atoms with Gasteiger partial charge in [0.05, 0.1) is 0 Å². The van der Waals surface area contributed by atoms with Gasteiger partial charge in [0, 0.05) is 28.5 Å². The molecule has 2 heterocycles. The van der Waals surface area contributed by atoms with Crippen molar-refractivity contribution >= 4 is 35.1 Å². The Morgan fingerprint density at radius 2 is 1.60 bits per heavy atom. The van der Waals surface area contributed by atoms with E-state index < -0.39 is 0 Å². The topological polar surface area (TPSA) is 65.1 Å². The molecule has 2 aromatic carbocycles. The third-order valence-electron chi connectivity index (χ3n) is 4.94. The zero-order valence-corrected chi connectivity index (χ0v) is 17.6. The van der Waals surface area contributed by atoms with Gasteiger partial charge in [0.1, 0.15) is 11.6 Å². The second kappa shape index (κ2) is 9.88. The normalized spacial score (nSPS) is 15.1. The van der Waals surface area contributed by atoms with E-state index in [-0.39, 0.29) is 5.82 Å². The molecule has 1 fully saturated rings. The molecule has 1 aliphatic rings. The second-order valence-corrected chi connectivity index (χ2v) is 8.26. The van der Waals surface area contributed by atoms with Crippen LogP contribution in [0.4, 0.5) is 27.5 Å². The van der Waals surface area contributed by atoms with E-state index in [0.717, 1.165) is 24.5 Å². The second-order valence-electron chi connectivity index (χ2n) is 7.34. The van der Waals surface area contributed by atoms with Crippen molar-refractivity contribution in [3.8, 4) is 0 Å². The van der Waals surface area contributed by atoms with Gasteiger partial charge >= 0.3 is 0 Å². The van der Waals surface area contributed by atoms with Crippen molar-refractivity contribution in [3.05, 3.63) is 66.6 Å². The molecule has 0 unspecified atom stereocenters. The van der Waals surface area contributed by atoms with Gasteiger partial charge in [0.15, 0.2) is 0 Å². The first-order valence-corrected chi connectivity index (χ1v) is 10.8. The Labute approximate surface area is 180 Å². The highest BCUT2D eigenvalue weighted by atomic mass is 32.2. The largest absolute Gasteiger partial charge is 0.340 e. The van der Waals surface area contributed by atoms with Crippen LogP contribution in [0.3, 0.4) is 0 Å². The Balaban J connectivity index is 1.31. The van der Waals surface area contributed by atoms with Crippen molar-refractivity contribution in [2.45, 2.75) is 23.8 Å². The van der Waals surface area contributed by atoms with Crippen LogP contribution in [0, 0.1) is 5.82 Å². The molecule has 8 heteroatoms. The summed E-state index contributed by atoms with van der Waals surface area (Å²) in [7, 11) is 2.17. The number of hydrogen-bond acceptors (Lipinski definition) is 7. The van der Waals surface area contributed by atoms with E-state index in [1.807, 2.05) is 12.1 Å². The van der Waals surface area contributed by atoms with E-state index in [2.05, 4.69) is 49.4 Å². The minimum atomic E-state index is -0.270. The maximum Gasteiger partial charge on any atom is 0.229 e. The molecule has 0 aliphatic carbocycles. The zero-order chi connectivity index (χ0) is 20.8. The van der Waals surface area contributed by atoms with Gasteiger partial charge in [-0.25, -0.2) is 9.37 Å². The van der Waals surface area contributed by atoms with Gasteiger partial charge in [-0.2, -0.15) is 4.98 Å². The van der Waals surface area contributed by atoms with Gasteiger partial charge in [0.2, 0.25) is 5.95 Å². The van der Waals surface area contributed by atoms with E-state index >= 15 is 0 Å². The van der Waals surface area contributed by atoms with Gasteiger partial charge in [0.25, 0.3) is 0 Å². The number of aromatic nitrogens is 2. The maximum atomic E-state index is 13.0. The summed E-state index contributed by atoms with van der Waals surface area (Å²) < 4.78 is 16.6. The highest BCUT2D eigenvalue weighted by Crippen LogP contribution is 2.22. The number of piperidine rings is 1. The molecule has 0 saturated carbocycles. The smallest absolute Gasteiger partial charge is 0.229 e. The molecular weight excluding hydrogens is 399 g/mol. The first-order chi connectivity index (χ1) is 14.6. The first-order valence-electron chi connectivity index (χ1n) is 9.98. The van der Waals surface area contributed by atoms with Crippen LogP contribution < -0.4 is 15.4 Å². The quantitative estimate of drug-likeness (QED) is 0.471. The summed E-state index contributed by atoms with van der Waals surface area (Å²) in [5.41, 5.74) is 1.68. The maximum absolute atomic E-state index is 13.0. The molecule has 1 aliphatic heterocycles. The van der Waals surface area contributed by atoms with Crippen LogP contribution in [0.5, 0.6) is 0 Å². The molecule has 0 atom stereocenters. The number of rotatable bonds is 7. The van der Waals surface area contributed by atoms with Crippen LogP contribution >= 0.6 is 11.9 Å². The van der Waals surface area contributed by atoms with Crippen LogP contribution in [-0.2, 0) is 0 Å². The lowest BCUT2D eigenvalue weighted by Gasteiger charge is -2.29. The molecule has 30 heavy (non-hydrogen) atoms. The van der Waals surface area contributed by atoms with Crippen molar-refractivity contribution in [1.82, 2.24) is 19.6 Å². The van der Waals surface area contributed by atoms with E-state index in [0.29, 0.717) is 17.8 Å². The molecule has 0 bridgehead atoms. The van der Waals surface area contributed by atoms with E-state index in [1.165, 1.54) is 29.9 Å². The molecule has 6 nitrogen and oxygen atoms in total. The molecule has 0 spiro atoms. The van der Waals surface area contributed by atoms with Crippen LogP contribution in [0.2, 0.25) is 0 Å². The minimum Gasteiger partial charge on any atom is -0.340 e. The fourth-order valence-electron chi connectivity index (χ4n) is 3.18. The van der Waals surface area contributed by atoms with Crippen molar-refractivity contribution < 1.29 is 4.39 Å². The Bertz CT molecular complexity index is 943. The molecule has 3 aromatic rings. The number of nitrogens with one attached hydrogen (secondary N) is 3. The van der Waals surface area contributed by atoms with Gasteiger partial charge in [-0.1, -0.05) is 0 Å². The lowest BCUT2D eigenvalue weighted by molar-refractivity contribution is 0.250. The lowest BCUT2D eigenvalue weighted by atomic mass is 10.1. The number of nitrogens with zero attached hydrogens (tertiary/aromatic N) is 3. The average molecular weight is 425 g/mol. The van der Waals surface area contributed by atoms with Gasteiger partial charge in [-0.15, -0.1) is 0 Å². The number of hydrogen-bond donors (Lipinski definition) is 3. The molecule has 1 aromatic heterocycles. The summed E-state index contributed by atoms with van der Waals surface area (Å²) in [6.45, 7) is 2.30. The van der Waals surface area contributed by atoms with E-state index in [1.54, 1.807) is 36.3 Å². The Kier molecular flexibility index (Phi) is 6.78. The Morgan fingerprint density at radius 3 is 2.33 bits per heavy atom. The molecular formula is C22H25FN6S. The summed E-state index contributed by atoms with van der Waals surface area (Å²) >= 11 is 1.68. The Hall–Kier alpha value is -2.68. The predicted octanol–water partition coefficient (Wildman–Crippen LogP) is 4.79. The van der Waals surface area contributed by atoms with Crippen molar-refractivity contribution in [3.63, 3.8) is 0 Å². The van der Waals surface area contributed by atoms with Crippen molar-refractivity contribution in [2.75, 3.05) is 30.8 Å². The van der Waals surface area contributed by atoms with E-state index in [4.69, 9.17) is 0 Å². The third-order valence-corrected chi connectivity index (χ3v) is 5.90. The SMILES string of the molecule is CN1CCC(NSc2ccc(Nc3nccc(Nc4ccc(F)cc4)n3)cc2)CC1. The van der Waals surface area contributed by atoms with E-state index in [9.17, 15) is 4.39 Å². The number of benzene rings is 2. The van der Waals surface area contributed by atoms with Crippen LogP contribution in [0.15, 0.2) is 65.7 Å². The monoisotopic (exact) mass is 424 g/mol. The summed E-state index contributed by atoms with van der Waals surface area (Å²) in [6.07, 6.45) is 4.04. The molecule has 1 saturated heterocycles. The van der Waals surface area contributed by atoms with Crippen molar-refractivity contribution in [1.29, 1.82) is 0 Å². The third kappa shape index (κ3) is 5.91. The predicted molar refractivity (Wildman–Crippen MR) is 121 cm³/mol. The molecule has 0 radical (unpaired) electrons. The highest BCUT2D eigenvalue weighted by molar-refractivity contribution is 7.97. The fourth-order valence-corrected chi connectivity index (χ4v) is 3.99. The van der Waals surface area contributed by atoms with Crippen LogP contribution in [0.25, 0.3) is 0 Å². The number of anilines is 4. The summed E-state index contributed by atoms with van der Waals surface area (Å²) in [4.78, 5) is 12.3. The number of likely N-dealkylation sites (tertiary alicyclic amines) is 1. The van der Waals surface area contributed by atoms with Crippen LogP contribution in [0.1, 0.15) is 12.8 Å². The number of halogens is 1. The highest BCUT2D eigenvalue weighted by Gasteiger charge is 2.16. The summed E-state index contributed by atoms with van der Waals surface area (Å²) in [5, 5.41) is 6.36. The molecule has 0 amide bonds. The minimum absolute atomic E-state index is 0.270. The molecule has 4 rings (SSSR count). The summed E-state index contributed by atoms with van der Waals surface area (Å²) in [6, 6.07) is 16.7. The Morgan fingerprint density at radius 1 is 0.933 bits per heavy atom. The standard InChI is InChI=1S/C22H25FN6S/c1-29-14-11-19(12-15-29)28-30-20-8-6-18(7-9-20)26-22-24-13-10-21(27-22)25-17-4-2-16(23)3-5-17/h2-10,13,19,28H,11-12,14-15H2,1H3,(H2,24,25,26,27). The van der Waals surface area contributed by atoms with Crippen molar-refractivity contribution in [2.24, 2.45) is 0 Å². The lowest BCUT2D eigenvalue weighted by Crippen LogP contribution is -2.38. The fraction of sp³-hybridized carbons (Fsp3) is 0.273. The van der Waals surface area contributed by atoms with Gasteiger partial charge in [-0.3, -0.25) is 4.72 Å². The molecule has 156 valence electrons. The van der Waals surface area contributed by atoms with Crippen LogP contribution in [-0.4, -0.2) is 41.0 Å². The van der Waals surface area contributed by atoms with Gasteiger partial charge < -0.3 is 15.5 Å². The average Bonchev–Trinajstić information content (AvgIpc) is 2.76. The summed E-state index contributed by atoms with van der Waals surface area (Å²) in [5.74, 6) is 0.856. The first kappa shape index (κ1) is 20.6. The molecule has 3 N–H and O–H groups in total. The van der Waals surface area contributed by atoms with Gasteiger partial charge in [-0.05, 0) is 99.5 Å². The zero-order valence-electron chi connectivity index (χ0n) is 16.8.